The van der Waals surface area contributed by atoms with Crippen molar-refractivity contribution in [1.29, 1.82) is 0 Å². The molecular weight excluding hydrogens is 619 g/mol. The van der Waals surface area contributed by atoms with E-state index >= 15 is 0 Å². The van der Waals surface area contributed by atoms with Crippen LogP contribution in [0.4, 0.5) is 11.4 Å². The lowest BCUT2D eigenvalue weighted by Gasteiger charge is -2.28. The van der Waals surface area contributed by atoms with Gasteiger partial charge in [0.1, 0.15) is 0 Å². The van der Waals surface area contributed by atoms with Crippen molar-refractivity contribution in [2.45, 2.75) is 12.0 Å². The molecule has 51 heavy (non-hydrogen) atoms. The van der Waals surface area contributed by atoms with Crippen LogP contribution < -0.4 is 4.90 Å². The van der Waals surface area contributed by atoms with Gasteiger partial charge in [-0.25, -0.2) is 0 Å². The summed E-state index contributed by atoms with van der Waals surface area (Å²) in [7, 11) is 0. The molecule has 3 heteroatoms. The van der Waals surface area contributed by atoms with Crippen LogP contribution in [-0.2, 0) is 0 Å². The Labute approximate surface area is 296 Å². The molecule has 0 saturated carbocycles. The molecule has 1 aliphatic carbocycles. The van der Waals surface area contributed by atoms with Crippen molar-refractivity contribution in [2.75, 3.05) is 4.90 Å². The Morgan fingerprint density at radius 1 is 0.392 bits per heavy atom. The number of hydrogen-bond donors (Lipinski definition) is 0. The molecule has 0 amide bonds. The number of rotatable bonds is 4. The fourth-order valence-corrected chi connectivity index (χ4v) is 8.99. The zero-order valence-electron chi connectivity index (χ0n) is 27.9. The zero-order valence-corrected chi connectivity index (χ0v) is 27.9. The van der Waals surface area contributed by atoms with Crippen LogP contribution in [0.1, 0.15) is 11.5 Å². The van der Waals surface area contributed by atoms with Gasteiger partial charge in [0.25, 0.3) is 0 Å². The monoisotopic (exact) mass is 651 g/mol. The number of anilines is 2. The highest BCUT2D eigenvalue weighted by molar-refractivity contribution is 6.17. The number of benzene rings is 7. The lowest BCUT2D eigenvalue weighted by molar-refractivity contribution is 0.745. The molecule has 3 nitrogen and oxygen atoms in total. The van der Waals surface area contributed by atoms with Crippen LogP contribution in [0, 0.1) is 0 Å². The Bertz CT molecular complexity index is 2870. The molecule has 0 saturated heterocycles. The van der Waals surface area contributed by atoms with Crippen molar-refractivity contribution < 1.29 is 0 Å². The molecule has 0 radical (unpaired) electrons. The molecule has 240 valence electrons. The summed E-state index contributed by atoms with van der Waals surface area (Å²) in [6, 6.07) is 60.1. The van der Waals surface area contributed by atoms with Crippen molar-refractivity contribution in [2.24, 2.45) is 0 Å². The minimum absolute atomic E-state index is 0.235. The zero-order chi connectivity index (χ0) is 33.5. The van der Waals surface area contributed by atoms with E-state index in [1.165, 1.54) is 77.4 Å². The van der Waals surface area contributed by atoms with Crippen LogP contribution in [0.5, 0.6) is 0 Å². The largest absolute Gasteiger partial charge is 0.333 e. The van der Waals surface area contributed by atoms with Crippen molar-refractivity contribution in [3.63, 3.8) is 0 Å². The number of aromatic nitrogens is 2. The molecule has 2 atom stereocenters. The van der Waals surface area contributed by atoms with Crippen molar-refractivity contribution in [3.8, 4) is 22.5 Å². The van der Waals surface area contributed by atoms with Crippen molar-refractivity contribution in [1.82, 2.24) is 9.13 Å². The summed E-state index contributed by atoms with van der Waals surface area (Å²) in [6.07, 6.45) is 9.16. The molecular formula is C48H33N3. The van der Waals surface area contributed by atoms with E-state index in [4.69, 9.17) is 0 Å². The molecule has 0 spiro atoms. The standard InChI is InChI=1S/C48H33N3/c1-3-15-32(16-4-1)49-41-24-10-7-19-35(41)40-31-34(29-30-44(40)49)51-43-26-12-9-21-39(43)48-37(23-14-28-46(48)51)36-22-13-27-45-47(36)38-20-8-11-25-42(38)50(45)33-17-5-2-6-18-33/h1-31,38,42H. The molecule has 1 aliphatic heterocycles. The average Bonchev–Trinajstić information content (AvgIpc) is 3.84. The molecule has 0 N–H and O–H groups in total. The van der Waals surface area contributed by atoms with Crippen LogP contribution in [-0.4, -0.2) is 15.2 Å². The lowest BCUT2D eigenvalue weighted by Crippen LogP contribution is -2.28. The molecule has 3 heterocycles. The fourth-order valence-electron chi connectivity index (χ4n) is 8.99. The van der Waals surface area contributed by atoms with Crippen LogP contribution in [0.15, 0.2) is 188 Å². The third-order valence-electron chi connectivity index (χ3n) is 11.0. The first kappa shape index (κ1) is 28.3. The van der Waals surface area contributed by atoms with Crippen LogP contribution in [0.25, 0.3) is 66.1 Å². The number of nitrogens with zero attached hydrogens (tertiary/aromatic N) is 3. The molecule has 2 aliphatic rings. The van der Waals surface area contributed by atoms with E-state index in [-0.39, 0.29) is 12.0 Å². The predicted octanol–water partition coefficient (Wildman–Crippen LogP) is 12.3. The van der Waals surface area contributed by atoms with E-state index in [2.05, 4.69) is 202 Å². The van der Waals surface area contributed by atoms with E-state index < -0.39 is 0 Å². The molecule has 9 aromatic rings. The summed E-state index contributed by atoms with van der Waals surface area (Å²) < 4.78 is 4.85. The van der Waals surface area contributed by atoms with Crippen LogP contribution in [0.2, 0.25) is 0 Å². The van der Waals surface area contributed by atoms with Crippen LogP contribution >= 0.6 is 0 Å². The molecule has 0 bridgehead atoms. The highest BCUT2D eigenvalue weighted by Gasteiger charge is 2.39. The predicted molar refractivity (Wildman–Crippen MR) is 214 cm³/mol. The van der Waals surface area contributed by atoms with Gasteiger partial charge in [-0.15, -0.1) is 0 Å². The minimum atomic E-state index is 0.235. The van der Waals surface area contributed by atoms with Gasteiger partial charge >= 0.3 is 0 Å². The summed E-state index contributed by atoms with van der Waals surface area (Å²) in [5.74, 6) is 0.259. The number of para-hydroxylation sites is 4. The summed E-state index contributed by atoms with van der Waals surface area (Å²) in [4.78, 5) is 2.52. The summed E-state index contributed by atoms with van der Waals surface area (Å²) in [6.45, 7) is 0. The quantitative estimate of drug-likeness (QED) is 0.185. The Kier molecular flexibility index (Phi) is 6.08. The van der Waals surface area contributed by atoms with E-state index in [0.717, 1.165) is 5.69 Å². The van der Waals surface area contributed by atoms with Gasteiger partial charge in [-0.05, 0) is 83.4 Å². The SMILES string of the molecule is C1=CC2c3c(-c4cccc5c4c4ccccc4n5-c4ccc5c(c4)c4ccccc4n5-c4ccccc4)cccc3N(c3ccccc3)C2C=C1. The Balaban J connectivity index is 1.16. The first-order valence-electron chi connectivity index (χ1n) is 17.8. The normalized spacial score (nSPS) is 16.4. The van der Waals surface area contributed by atoms with Gasteiger partial charge in [0.2, 0.25) is 0 Å². The third-order valence-corrected chi connectivity index (χ3v) is 11.0. The van der Waals surface area contributed by atoms with Gasteiger partial charge in [0, 0.05) is 50.2 Å². The van der Waals surface area contributed by atoms with E-state index in [1.54, 1.807) is 0 Å². The second-order valence-electron chi connectivity index (χ2n) is 13.7. The third kappa shape index (κ3) is 4.06. The van der Waals surface area contributed by atoms with Crippen molar-refractivity contribution in [3.05, 3.63) is 194 Å². The van der Waals surface area contributed by atoms with Crippen molar-refractivity contribution >= 4 is 55.0 Å². The highest BCUT2D eigenvalue weighted by atomic mass is 15.2. The maximum absolute atomic E-state index is 2.52. The topological polar surface area (TPSA) is 13.1 Å². The van der Waals surface area contributed by atoms with Gasteiger partial charge in [-0.2, -0.15) is 0 Å². The Hall–Kier alpha value is -6.58. The van der Waals surface area contributed by atoms with Gasteiger partial charge in [0.05, 0.1) is 28.1 Å². The van der Waals surface area contributed by atoms with E-state index in [9.17, 15) is 0 Å². The number of fused-ring (bicyclic) bond motifs is 9. The van der Waals surface area contributed by atoms with E-state index in [1.807, 2.05) is 0 Å². The van der Waals surface area contributed by atoms with E-state index in [0.29, 0.717) is 0 Å². The molecule has 2 unspecified atom stereocenters. The minimum Gasteiger partial charge on any atom is -0.333 e. The highest BCUT2D eigenvalue weighted by Crippen LogP contribution is 2.52. The number of allylic oxidation sites excluding steroid dienone is 2. The summed E-state index contributed by atoms with van der Waals surface area (Å²) >= 11 is 0. The van der Waals surface area contributed by atoms with Gasteiger partial charge in [-0.3, -0.25) is 0 Å². The molecule has 11 rings (SSSR count). The first-order chi connectivity index (χ1) is 25.3. The average molecular weight is 652 g/mol. The smallest absolute Gasteiger partial charge is 0.0629 e. The first-order valence-corrected chi connectivity index (χ1v) is 17.8. The molecule has 7 aromatic carbocycles. The fraction of sp³-hybridized carbons (Fsp3) is 0.0417. The van der Waals surface area contributed by atoms with Crippen LogP contribution in [0.3, 0.4) is 0 Å². The molecule has 2 aromatic heterocycles. The van der Waals surface area contributed by atoms with Gasteiger partial charge in [0.15, 0.2) is 0 Å². The second kappa shape index (κ2) is 11.0. The maximum atomic E-state index is 2.52. The summed E-state index contributed by atoms with van der Waals surface area (Å²) in [5.41, 5.74) is 13.7. The Morgan fingerprint density at radius 3 is 1.82 bits per heavy atom. The molecule has 0 fully saturated rings. The van der Waals surface area contributed by atoms with Gasteiger partial charge in [-0.1, -0.05) is 121 Å². The van der Waals surface area contributed by atoms with Gasteiger partial charge < -0.3 is 14.0 Å². The second-order valence-corrected chi connectivity index (χ2v) is 13.7. The lowest BCUT2D eigenvalue weighted by atomic mass is 9.85. The summed E-state index contributed by atoms with van der Waals surface area (Å²) in [5, 5.41) is 5.06. The Morgan fingerprint density at radius 2 is 1.00 bits per heavy atom. The number of hydrogen-bond acceptors (Lipinski definition) is 1. The maximum Gasteiger partial charge on any atom is 0.0629 e.